The van der Waals surface area contributed by atoms with Crippen LogP contribution < -0.4 is 10.2 Å². The maximum atomic E-state index is 12.6. The van der Waals surface area contributed by atoms with Crippen LogP contribution in [0.15, 0.2) is 54.6 Å². The van der Waals surface area contributed by atoms with Gasteiger partial charge in [0.1, 0.15) is 0 Å². The van der Waals surface area contributed by atoms with Crippen LogP contribution in [0.25, 0.3) is 6.08 Å². The zero-order chi connectivity index (χ0) is 20.9. The first kappa shape index (κ1) is 20.9. The largest absolute Gasteiger partial charge is 0.416 e. The minimum absolute atomic E-state index is 0.208. The molecule has 0 aromatic heterocycles. The summed E-state index contributed by atoms with van der Waals surface area (Å²) in [7, 11) is 0. The van der Waals surface area contributed by atoms with E-state index in [-0.39, 0.29) is 11.9 Å². The van der Waals surface area contributed by atoms with E-state index in [1.165, 1.54) is 24.3 Å². The molecule has 1 atom stereocenters. The highest BCUT2D eigenvalue weighted by Gasteiger charge is 2.29. The predicted octanol–water partition coefficient (Wildman–Crippen LogP) is 4.43. The van der Waals surface area contributed by atoms with Gasteiger partial charge in [-0.3, -0.25) is 4.79 Å². The summed E-state index contributed by atoms with van der Waals surface area (Å²) in [5.41, 5.74) is 1.88. The second-order valence-electron chi connectivity index (χ2n) is 6.88. The number of halogens is 3. The van der Waals surface area contributed by atoms with Gasteiger partial charge in [0.2, 0.25) is 5.91 Å². The Morgan fingerprint density at radius 3 is 2.48 bits per heavy atom. The van der Waals surface area contributed by atoms with Crippen molar-refractivity contribution in [3.05, 3.63) is 71.3 Å². The molecule has 154 valence electrons. The van der Waals surface area contributed by atoms with Gasteiger partial charge in [0.15, 0.2) is 0 Å². The summed E-state index contributed by atoms with van der Waals surface area (Å²) in [6.07, 6.45) is -1.55. The minimum Gasteiger partial charge on any atom is -0.378 e. The molecule has 1 aliphatic rings. The number of rotatable bonds is 5. The number of hydrogen-bond acceptors (Lipinski definition) is 3. The molecule has 3 rings (SSSR count). The fourth-order valence-corrected chi connectivity index (χ4v) is 3.11. The van der Waals surface area contributed by atoms with E-state index >= 15 is 0 Å². The molecule has 29 heavy (non-hydrogen) atoms. The van der Waals surface area contributed by atoms with Gasteiger partial charge in [0.25, 0.3) is 0 Å². The van der Waals surface area contributed by atoms with Gasteiger partial charge in [-0.1, -0.05) is 24.3 Å². The van der Waals surface area contributed by atoms with E-state index in [2.05, 4.69) is 16.3 Å². The van der Waals surface area contributed by atoms with Crippen molar-refractivity contribution >= 4 is 17.7 Å². The number of morpholine rings is 1. The van der Waals surface area contributed by atoms with Crippen molar-refractivity contribution in [1.29, 1.82) is 0 Å². The molecular weight excluding hydrogens is 381 g/mol. The Labute approximate surface area is 168 Å². The highest BCUT2D eigenvalue weighted by molar-refractivity contribution is 5.92. The van der Waals surface area contributed by atoms with Crippen LogP contribution in [0.4, 0.5) is 18.9 Å². The lowest BCUT2D eigenvalue weighted by atomic mass is 10.1. The van der Waals surface area contributed by atoms with Gasteiger partial charge >= 0.3 is 6.18 Å². The monoisotopic (exact) mass is 404 g/mol. The number of hydrogen-bond donors (Lipinski definition) is 1. The van der Waals surface area contributed by atoms with E-state index in [1.54, 1.807) is 0 Å². The fraction of sp³-hybridized carbons (Fsp3) is 0.318. The second-order valence-corrected chi connectivity index (χ2v) is 6.88. The Balaban J connectivity index is 1.59. The van der Waals surface area contributed by atoms with Gasteiger partial charge in [-0.05, 0) is 48.4 Å². The van der Waals surface area contributed by atoms with E-state index < -0.39 is 11.7 Å². The topological polar surface area (TPSA) is 41.6 Å². The number of alkyl halides is 3. The summed E-state index contributed by atoms with van der Waals surface area (Å²) in [5, 5.41) is 2.88. The molecule has 4 nitrogen and oxygen atoms in total. The van der Waals surface area contributed by atoms with Crippen LogP contribution in [0, 0.1) is 0 Å². The maximum absolute atomic E-state index is 12.6. The molecule has 1 amide bonds. The van der Waals surface area contributed by atoms with Gasteiger partial charge in [0.05, 0.1) is 24.8 Å². The van der Waals surface area contributed by atoms with E-state index in [4.69, 9.17) is 4.74 Å². The molecule has 1 N–H and O–H groups in total. The van der Waals surface area contributed by atoms with Crippen LogP contribution in [0.2, 0.25) is 0 Å². The van der Waals surface area contributed by atoms with E-state index in [1.807, 2.05) is 25.1 Å². The SMILES string of the molecule is C[C@H](NC(=O)/C=C/c1ccc(C(F)(F)F)cc1)c1cccc(N2CCOCC2)c1. The Bertz CT molecular complexity index is 857. The summed E-state index contributed by atoms with van der Waals surface area (Å²) < 4.78 is 43.2. The third-order valence-corrected chi connectivity index (χ3v) is 4.77. The highest BCUT2D eigenvalue weighted by Crippen LogP contribution is 2.29. The predicted molar refractivity (Wildman–Crippen MR) is 107 cm³/mol. The first-order valence-electron chi connectivity index (χ1n) is 9.41. The molecule has 7 heteroatoms. The van der Waals surface area contributed by atoms with E-state index in [0.717, 1.165) is 36.5 Å². The van der Waals surface area contributed by atoms with E-state index in [0.29, 0.717) is 18.8 Å². The maximum Gasteiger partial charge on any atom is 0.416 e. The fourth-order valence-electron chi connectivity index (χ4n) is 3.11. The molecule has 2 aromatic carbocycles. The lowest BCUT2D eigenvalue weighted by Gasteiger charge is -2.29. The van der Waals surface area contributed by atoms with Gasteiger partial charge in [-0.15, -0.1) is 0 Å². The molecular formula is C22H23F3N2O2. The van der Waals surface area contributed by atoms with Crippen LogP contribution in [0.5, 0.6) is 0 Å². The molecule has 2 aromatic rings. The Hall–Kier alpha value is -2.80. The number of anilines is 1. The molecule has 0 saturated carbocycles. The number of amides is 1. The molecule has 1 saturated heterocycles. The molecule has 0 spiro atoms. The quantitative estimate of drug-likeness (QED) is 0.750. The molecule has 0 aliphatic carbocycles. The molecule has 1 aliphatic heterocycles. The third-order valence-electron chi connectivity index (χ3n) is 4.77. The van der Waals surface area contributed by atoms with Gasteiger partial charge in [-0.2, -0.15) is 13.2 Å². The number of nitrogens with zero attached hydrogens (tertiary/aromatic N) is 1. The lowest BCUT2D eigenvalue weighted by Crippen LogP contribution is -2.36. The number of carbonyl (C=O) groups is 1. The van der Waals surface area contributed by atoms with Crippen molar-refractivity contribution < 1.29 is 22.7 Å². The third kappa shape index (κ3) is 5.84. The van der Waals surface area contributed by atoms with Crippen molar-refractivity contribution in [2.24, 2.45) is 0 Å². The van der Waals surface area contributed by atoms with Gasteiger partial charge in [-0.25, -0.2) is 0 Å². The number of nitrogens with one attached hydrogen (secondary N) is 1. The lowest BCUT2D eigenvalue weighted by molar-refractivity contribution is -0.137. The standard InChI is InChI=1S/C22H23F3N2O2/c1-16(18-3-2-4-20(15-18)27-11-13-29-14-12-27)26-21(28)10-7-17-5-8-19(9-6-17)22(23,24)25/h2-10,15-16H,11-14H2,1H3,(H,26,28)/b10-7+/t16-/m0/s1. The summed E-state index contributed by atoms with van der Waals surface area (Å²) in [6.45, 7) is 4.96. The summed E-state index contributed by atoms with van der Waals surface area (Å²) in [5.74, 6) is -0.311. The average Bonchev–Trinajstić information content (AvgIpc) is 2.72. The molecule has 0 radical (unpaired) electrons. The van der Waals surface area contributed by atoms with Crippen molar-refractivity contribution in [3.63, 3.8) is 0 Å². The first-order valence-corrected chi connectivity index (χ1v) is 9.41. The van der Waals surface area contributed by atoms with Crippen LogP contribution in [-0.2, 0) is 15.7 Å². The Morgan fingerprint density at radius 1 is 1.14 bits per heavy atom. The molecule has 0 bridgehead atoms. The van der Waals surface area contributed by atoms with Crippen molar-refractivity contribution in [1.82, 2.24) is 5.32 Å². The zero-order valence-corrected chi connectivity index (χ0v) is 16.1. The zero-order valence-electron chi connectivity index (χ0n) is 16.1. The second kappa shape index (κ2) is 9.13. The summed E-state index contributed by atoms with van der Waals surface area (Å²) in [6, 6.07) is 12.5. The smallest absolute Gasteiger partial charge is 0.378 e. The first-order chi connectivity index (χ1) is 13.8. The summed E-state index contributed by atoms with van der Waals surface area (Å²) in [4.78, 5) is 14.5. The van der Waals surface area contributed by atoms with Crippen LogP contribution in [0.3, 0.4) is 0 Å². The highest BCUT2D eigenvalue weighted by atomic mass is 19.4. The van der Waals surface area contributed by atoms with Gasteiger partial charge in [0, 0.05) is 24.9 Å². The summed E-state index contributed by atoms with van der Waals surface area (Å²) >= 11 is 0. The average molecular weight is 404 g/mol. The number of carbonyl (C=O) groups excluding carboxylic acids is 1. The van der Waals surface area contributed by atoms with Crippen molar-refractivity contribution in [2.75, 3.05) is 31.2 Å². The Kier molecular flexibility index (Phi) is 6.59. The number of benzene rings is 2. The normalized spacial score (nSPS) is 16.1. The molecule has 1 heterocycles. The van der Waals surface area contributed by atoms with Crippen molar-refractivity contribution in [2.45, 2.75) is 19.1 Å². The minimum atomic E-state index is -4.37. The van der Waals surface area contributed by atoms with Crippen molar-refractivity contribution in [3.8, 4) is 0 Å². The Morgan fingerprint density at radius 2 is 1.83 bits per heavy atom. The van der Waals surface area contributed by atoms with Crippen LogP contribution in [0.1, 0.15) is 29.7 Å². The molecule has 0 unspecified atom stereocenters. The van der Waals surface area contributed by atoms with Crippen LogP contribution in [-0.4, -0.2) is 32.2 Å². The van der Waals surface area contributed by atoms with E-state index in [9.17, 15) is 18.0 Å². The van der Waals surface area contributed by atoms with Crippen LogP contribution >= 0.6 is 0 Å². The number of ether oxygens (including phenoxy) is 1. The van der Waals surface area contributed by atoms with Gasteiger partial charge < -0.3 is 15.0 Å². The molecule has 1 fully saturated rings.